The SMILES string of the molecule is CC(=O)C1(c2ccccc2Oc2ccccc2)CCN(C)CC1. The van der Waals surface area contributed by atoms with Gasteiger partial charge in [0, 0.05) is 5.56 Å². The number of piperidine rings is 1. The Bertz CT molecular complexity index is 673. The normalized spacial score (nSPS) is 17.7. The highest BCUT2D eigenvalue weighted by Crippen LogP contribution is 2.42. The number of rotatable bonds is 4. The summed E-state index contributed by atoms with van der Waals surface area (Å²) in [5, 5.41) is 0. The summed E-state index contributed by atoms with van der Waals surface area (Å²) < 4.78 is 6.10. The van der Waals surface area contributed by atoms with Gasteiger partial charge < -0.3 is 9.64 Å². The standard InChI is InChI=1S/C20H23NO2/c1-16(22)20(12-14-21(2)15-13-20)18-10-6-7-11-19(18)23-17-8-4-3-5-9-17/h3-11H,12-15H2,1-2H3. The van der Waals surface area contributed by atoms with E-state index in [1.54, 1.807) is 6.92 Å². The van der Waals surface area contributed by atoms with Crippen molar-refractivity contribution in [1.29, 1.82) is 0 Å². The summed E-state index contributed by atoms with van der Waals surface area (Å²) in [5.74, 6) is 1.82. The Balaban J connectivity index is 1.99. The summed E-state index contributed by atoms with van der Waals surface area (Å²) >= 11 is 0. The van der Waals surface area contributed by atoms with Gasteiger partial charge in [-0.3, -0.25) is 4.79 Å². The highest BCUT2D eigenvalue weighted by Gasteiger charge is 2.41. The minimum Gasteiger partial charge on any atom is -0.457 e. The minimum atomic E-state index is -0.433. The fraction of sp³-hybridized carbons (Fsp3) is 0.350. The van der Waals surface area contributed by atoms with Gasteiger partial charge in [0.1, 0.15) is 17.3 Å². The van der Waals surface area contributed by atoms with E-state index in [0.717, 1.165) is 43.0 Å². The lowest BCUT2D eigenvalue weighted by Crippen LogP contribution is -2.45. The fourth-order valence-electron chi connectivity index (χ4n) is 3.38. The molecule has 0 bridgehead atoms. The summed E-state index contributed by atoms with van der Waals surface area (Å²) in [6.07, 6.45) is 1.68. The molecule has 1 aliphatic heterocycles. The number of Topliss-reactive ketones (excluding diaryl/α,β-unsaturated/α-hetero) is 1. The number of likely N-dealkylation sites (tertiary alicyclic amines) is 1. The van der Waals surface area contributed by atoms with Crippen molar-refractivity contribution in [2.24, 2.45) is 0 Å². The molecule has 3 heteroatoms. The Kier molecular flexibility index (Phi) is 4.49. The Morgan fingerprint density at radius 2 is 1.61 bits per heavy atom. The molecule has 2 aromatic rings. The zero-order valence-electron chi connectivity index (χ0n) is 13.8. The van der Waals surface area contributed by atoms with Gasteiger partial charge in [-0.2, -0.15) is 0 Å². The number of hydrogen-bond donors (Lipinski definition) is 0. The first-order chi connectivity index (χ1) is 11.1. The van der Waals surface area contributed by atoms with Gasteiger partial charge in [-0.1, -0.05) is 36.4 Å². The number of hydrogen-bond acceptors (Lipinski definition) is 3. The number of benzene rings is 2. The van der Waals surface area contributed by atoms with Crippen LogP contribution in [-0.4, -0.2) is 30.8 Å². The first-order valence-electron chi connectivity index (χ1n) is 8.14. The molecule has 120 valence electrons. The Morgan fingerprint density at radius 3 is 2.26 bits per heavy atom. The van der Waals surface area contributed by atoms with Crippen molar-refractivity contribution < 1.29 is 9.53 Å². The third kappa shape index (κ3) is 3.15. The summed E-state index contributed by atoms with van der Waals surface area (Å²) in [4.78, 5) is 14.8. The molecule has 0 N–H and O–H groups in total. The molecule has 0 spiro atoms. The van der Waals surface area contributed by atoms with E-state index in [2.05, 4.69) is 11.9 Å². The van der Waals surface area contributed by atoms with Crippen molar-refractivity contribution in [3.63, 3.8) is 0 Å². The van der Waals surface area contributed by atoms with E-state index >= 15 is 0 Å². The molecule has 1 fully saturated rings. The molecule has 3 rings (SSSR count). The van der Waals surface area contributed by atoms with Gasteiger partial charge in [-0.25, -0.2) is 0 Å². The van der Waals surface area contributed by atoms with E-state index < -0.39 is 5.41 Å². The molecular formula is C20H23NO2. The molecule has 3 nitrogen and oxygen atoms in total. The monoisotopic (exact) mass is 309 g/mol. The molecule has 0 radical (unpaired) electrons. The maximum absolute atomic E-state index is 12.6. The van der Waals surface area contributed by atoms with Crippen molar-refractivity contribution in [2.45, 2.75) is 25.2 Å². The lowest BCUT2D eigenvalue weighted by Gasteiger charge is -2.39. The Morgan fingerprint density at radius 1 is 1.00 bits per heavy atom. The van der Waals surface area contributed by atoms with Gasteiger partial charge in [-0.05, 0) is 58.1 Å². The topological polar surface area (TPSA) is 29.5 Å². The van der Waals surface area contributed by atoms with Crippen LogP contribution in [0.5, 0.6) is 11.5 Å². The molecule has 1 saturated heterocycles. The fourth-order valence-corrected chi connectivity index (χ4v) is 3.38. The van der Waals surface area contributed by atoms with Crippen LogP contribution in [0.25, 0.3) is 0 Å². The highest BCUT2D eigenvalue weighted by atomic mass is 16.5. The van der Waals surface area contributed by atoms with E-state index in [9.17, 15) is 4.79 Å². The second kappa shape index (κ2) is 6.55. The predicted octanol–water partition coefficient (Wildman–Crippen LogP) is 4.03. The maximum atomic E-state index is 12.6. The summed E-state index contributed by atoms with van der Waals surface area (Å²) in [6.45, 7) is 3.57. The van der Waals surface area contributed by atoms with Crippen molar-refractivity contribution in [3.05, 3.63) is 60.2 Å². The number of carbonyl (C=O) groups excluding carboxylic acids is 1. The van der Waals surface area contributed by atoms with Crippen LogP contribution < -0.4 is 4.74 Å². The second-order valence-corrected chi connectivity index (χ2v) is 6.35. The van der Waals surface area contributed by atoms with Crippen LogP contribution in [-0.2, 0) is 10.2 Å². The first-order valence-corrected chi connectivity index (χ1v) is 8.14. The van der Waals surface area contributed by atoms with Crippen LogP contribution in [0, 0.1) is 0 Å². The van der Waals surface area contributed by atoms with Gasteiger partial charge in [0.25, 0.3) is 0 Å². The van der Waals surface area contributed by atoms with Crippen LogP contribution in [0.2, 0.25) is 0 Å². The van der Waals surface area contributed by atoms with Crippen LogP contribution in [0.4, 0.5) is 0 Å². The molecule has 0 aromatic heterocycles. The van der Waals surface area contributed by atoms with Gasteiger partial charge in [-0.15, -0.1) is 0 Å². The molecule has 0 aliphatic carbocycles. The molecule has 0 saturated carbocycles. The van der Waals surface area contributed by atoms with Crippen molar-refractivity contribution >= 4 is 5.78 Å². The van der Waals surface area contributed by atoms with E-state index in [1.807, 2.05) is 54.6 Å². The quantitative estimate of drug-likeness (QED) is 0.854. The number of ketones is 1. The first kappa shape index (κ1) is 15.8. The molecule has 0 atom stereocenters. The average molecular weight is 309 g/mol. The molecular weight excluding hydrogens is 286 g/mol. The van der Waals surface area contributed by atoms with Crippen molar-refractivity contribution in [1.82, 2.24) is 4.90 Å². The van der Waals surface area contributed by atoms with Gasteiger partial charge in [0.15, 0.2) is 0 Å². The highest BCUT2D eigenvalue weighted by molar-refractivity contribution is 5.89. The van der Waals surface area contributed by atoms with E-state index in [4.69, 9.17) is 4.74 Å². The third-order valence-electron chi connectivity index (χ3n) is 4.89. The molecule has 23 heavy (non-hydrogen) atoms. The van der Waals surface area contributed by atoms with Gasteiger partial charge in [0.05, 0.1) is 5.41 Å². The molecule has 0 amide bonds. The van der Waals surface area contributed by atoms with Gasteiger partial charge >= 0.3 is 0 Å². The Hall–Kier alpha value is -2.13. The third-order valence-corrected chi connectivity index (χ3v) is 4.89. The summed E-state index contributed by atoms with van der Waals surface area (Å²) in [7, 11) is 2.11. The van der Waals surface area contributed by atoms with E-state index in [0.29, 0.717) is 0 Å². The molecule has 1 heterocycles. The smallest absolute Gasteiger partial charge is 0.140 e. The zero-order valence-corrected chi connectivity index (χ0v) is 13.8. The maximum Gasteiger partial charge on any atom is 0.140 e. The van der Waals surface area contributed by atoms with E-state index in [1.165, 1.54) is 0 Å². The van der Waals surface area contributed by atoms with E-state index in [-0.39, 0.29) is 5.78 Å². The molecule has 0 unspecified atom stereocenters. The second-order valence-electron chi connectivity index (χ2n) is 6.35. The van der Waals surface area contributed by atoms with Crippen LogP contribution in [0.3, 0.4) is 0 Å². The number of para-hydroxylation sites is 2. The number of ether oxygens (including phenoxy) is 1. The van der Waals surface area contributed by atoms with Crippen molar-refractivity contribution in [3.8, 4) is 11.5 Å². The van der Waals surface area contributed by atoms with Crippen LogP contribution in [0.1, 0.15) is 25.3 Å². The molecule has 1 aliphatic rings. The molecule has 2 aromatic carbocycles. The zero-order chi connectivity index (χ0) is 16.3. The van der Waals surface area contributed by atoms with Gasteiger partial charge in [0.2, 0.25) is 0 Å². The van der Waals surface area contributed by atoms with Crippen LogP contribution in [0.15, 0.2) is 54.6 Å². The number of nitrogens with zero attached hydrogens (tertiary/aromatic N) is 1. The minimum absolute atomic E-state index is 0.231. The summed E-state index contributed by atoms with van der Waals surface area (Å²) in [5.41, 5.74) is 0.585. The number of carbonyl (C=O) groups is 1. The van der Waals surface area contributed by atoms with Crippen LogP contribution >= 0.6 is 0 Å². The predicted molar refractivity (Wildman–Crippen MR) is 92.0 cm³/mol. The summed E-state index contributed by atoms with van der Waals surface area (Å²) in [6, 6.07) is 17.7. The average Bonchev–Trinajstić information content (AvgIpc) is 2.57. The Labute approximate surface area is 137 Å². The lowest BCUT2D eigenvalue weighted by molar-refractivity contribution is -0.124. The van der Waals surface area contributed by atoms with Crippen molar-refractivity contribution in [2.75, 3.05) is 20.1 Å². The lowest BCUT2D eigenvalue weighted by atomic mass is 9.70. The largest absolute Gasteiger partial charge is 0.457 e.